The van der Waals surface area contributed by atoms with Crippen molar-refractivity contribution in [2.75, 3.05) is 72.7 Å². The van der Waals surface area contributed by atoms with Crippen molar-refractivity contribution in [3.8, 4) is 16.9 Å². The minimum Gasteiger partial charge on any atom is -0.493 e. The molecule has 0 unspecified atom stereocenters. The van der Waals surface area contributed by atoms with Crippen LogP contribution in [0.15, 0.2) is 48.5 Å². The number of hydrogen-bond donors (Lipinski definition) is 0. The van der Waals surface area contributed by atoms with Crippen LogP contribution in [0, 0.1) is 0 Å². The van der Waals surface area contributed by atoms with E-state index in [2.05, 4.69) is 48.5 Å². The van der Waals surface area contributed by atoms with Crippen LogP contribution in [0.3, 0.4) is 0 Å². The minimum atomic E-state index is 0.787. The van der Waals surface area contributed by atoms with Crippen LogP contribution < -0.4 is 4.74 Å². The van der Waals surface area contributed by atoms with Crippen LogP contribution >= 0.6 is 0 Å². The molecule has 0 fully saturated rings. The zero-order valence-corrected chi connectivity index (χ0v) is 44.4. The van der Waals surface area contributed by atoms with Crippen molar-refractivity contribution in [2.45, 2.75) is 250 Å². The Labute approximate surface area is 420 Å². The van der Waals surface area contributed by atoms with Gasteiger partial charge in [0.1, 0.15) is 5.75 Å². The van der Waals surface area contributed by atoms with E-state index in [9.17, 15) is 0 Å². The van der Waals surface area contributed by atoms with Gasteiger partial charge in [-0.05, 0) is 101 Å². The van der Waals surface area contributed by atoms with Crippen LogP contribution in [0.2, 0.25) is 0 Å². The Bertz CT molecular complexity index is 1220. The Morgan fingerprint density at radius 3 is 0.765 bits per heavy atom. The molecule has 1 aliphatic rings. The number of benzene rings is 2. The summed E-state index contributed by atoms with van der Waals surface area (Å²) in [6, 6.07) is 17.6. The second-order valence-corrected chi connectivity index (χ2v) is 20.2. The van der Waals surface area contributed by atoms with Crippen molar-refractivity contribution in [2.24, 2.45) is 0 Å². The molecule has 3 rings (SSSR count). The molecule has 0 saturated carbocycles. The van der Waals surface area contributed by atoms with Crippen molar-refractivity contribution >= 4 is 0 Å². The topological polar surface area (TPSA) is 55.4 Å². The maximum Gasteiger partial charge on any atom is 0.127 e. The zero-order valence-electron chi connectivity index (χ0n) is 44.4. The third kappa shape index (κ3) is 36.9. The molecule has 68 heavy (non-hydrogen) atoms. The van der Waals surface area contributed by atoms with Gasteiger partial charge in [0.2, 0.25) is 0 Å². The van der Waals surface area contributed by atoms with Crippen LogP contribution in [0.25, 0.3) is 11.1 Å². The molecule has 0 aromatic heterocycles. The molecule has 0 atom stereocenters. The van der Waals surface area contributed by atoms with Gasteiger partial charge in [-0.1, -0.05) is 209 Å². The summed E-state index contributed by atoms with van der Waals surface area (Å²) >= 11 is 0. The Kier molecular flexibility index (Phi) is 43.2. The van der Waals surface area contributed by atoms with Crippen LogP contribution in [0.5, 0.6) is 5.75 Å². The molecular formula is C62H108O6. The van der Waals surface area contributed by atoms with Gasteiger partial charge in [-0.2, -0.15) is 0 Å². The summed E-state index contributed by atoms with van der Waals surface area (Å²) in [7, 11) is 0. The lowest BCUT2D eigenvalue weighted by molar-refractivity contribution is 0.123. The number of fused-ring (bicyclic) bond motifs is 3. The van der Waals surface area contributed by atoms with E-state index >= 15 is 0 Å². The molecule has 0 radical (unpaired) electrons. The SMILES string of the molecule is c1ccc2c(c1)CCCCCOCCCCCCCCCOCCCCCCCCCOCCCCCCCCCOCCCCCCCCCOCCCCCCCCCOc1ccccc1-2. The molecule has 6 nitrogen and oxygen atoms in total. The maximum absolute atomic E-state index is 6.42. The standard InChI is InChI=1S/C62H108O6/c1-6-16-32-48-63-49-33-18-8-2-9-19-36-52-65-53-37-22-12-4-13-23-40-56-67-57-41-26-27-43-59-44-28-29-45-60(59)61-46-30-31-47-62(61)68-58-42-25-15-5-14-24-39-55-66-54-38-21-11-3-10-20-35-51-64-50-34-17-7-1/h28-31,44-47H,1-27,32-43,48-58H2. The van der Waals surface area contributed by atoms with Crippen molar-refractivity contribution < 1.29 is 28.4 Å². The predicted molar refractivity (Wildman–Crippen MR) is 291 cm³/mol. The zero-order chi connectivity index (χ0) is 47.6. The van der Waals surface area contributed by atoms with Crippen molar-refractivity contribution in [1.82, 2.24) is 0 Å². The Balaban J connectivity index is 1.23. The van der Waals surface area contributed by atoms with Gasteiger partial charge in [-0.3, -0.25) is 0 Å². The van der Waals surface area contributed by atoms with Crippen LogP contribution in [-0.2, 0) is 30.1 Å². The van der Waals surface area contributed by atoms with Crippen LogP contribution in [-0.4, -0.2) is 72.7 Å². The molecule has 2 aromatic rings. The molecule has 0 saturated heterocycles. The van der Waals surface area contributed by atoms with Crippen molar-refractivity contribution in [1.29, 1.82) is 0 Å². The number of rotatable bonds is 0. The van der Waals surface area contributed by atoms with Crippen LogP contribution in [0.1, 0.15) is 250 Å². The molecule has 392 valence electrons. The van der Waals surface area contributed by atoms with E-state index in [1.165, 1.54) is 248 Å². The lowest BCUT2D eigenvalue weighted by Crippen LogP contribution is -2.00. The largest absolute Gasteiger partial charge is 0.493 e. The maximum atomic E-state index is 6.42. The smallest absolute Gasteiger partial charge is 0.127 e. The normalized spacial score (nSPS) is 21.6. The predicted octanol–water partition coefficient (Wildman–Crippen LogP) is 18.2. The van der Waals surface area contributed by atoms with E-state index < -0.39 is 0 Å². The number of ether oxygens (including phenoxy) is 6. The van der Waals surface area contributed by atoms with E-state index in [0.717, 1.165) is 97.7 Å². The first-order chi connectivity index (χ1) is 33.9. The lowest BCUT2D eigenvalue weighted by atomic mass is 9.95. The Morgan fingerprint density at radius 1 is 0.206 bits per heavy atom. The molecule has 0 aliphatic carbocycles. The molecule has 1 aliphatic heterocycles. The van der Waals surface area contributed by atoms with Gasteiger partial charge in [-0.15, -0.1) is 0 Å². The van der Waals surface area contributed by atoms with Gasteiger partial charge in [0.15, 0.2) is 0 Å². The molecular weight excluding hydrogens is 841 g/mol. The van der Waals surface area contributed by atoms with Gasteiger partial charge < -0.3 is 28.4 Å². The highest BCUT2D eigenvalue weighted by molar-refractivity contribution is 5.73. The first-order valence-electron chi connectivity index (χ1n) is 29.6. The van der Waals surface area contributed by atoms with Gasteiger partial charge >= 0.3 is 0 Å². The number of aryl methyl sites for hydroxylation is 1. The average molecular weight is 950 g/mol. The Hall–Kier alpha value is -1.96. The second kappa shape index (κ2) is 48.7. The molecule has 1 heterocycles. The highest BCUT2D eigenvalue weighted by atomic mass is 16.5. The van der Waals surface area contributed by atoms with Gasteiger partial charge in [0.25, 0.3) is 0 Å². The van der Waals surface area contributed by atoms with E-state index in [4.69, 9.17) is 28.4 Å². The fraction of sp³-hybridized carbons (Fsp3) is 0.806. The molecule has 0 amide bonds. The molecule has 0 bridgehead atoms. The third-order valence-electron chi connectivity index (χ3n) is 13.9. The monoisotopic (exact) mass is 949 g/mol. The molecule has 0 N–H and O–H groups in total. The van der Waals surface area contributed by atoms with Crippen LogP contribution in [0.4, 0.5) is 0 Å². The lowest BCUT2D eigenvalue weighted by Gasteiger charge is -2.15. The highest BCUT2D eigenvalue weighted by Gasteiger charge is 2.11. The first-order valence-corrected chi connectivity index (χ1v) is 29.6. The highest BCUT2D eigenvalue weighted by Crippen LogP contribution is 2.33. The van der Waals surface area contributed by atoms with E-state index in [1.54, 1.807) is 0 Å². The summed E-state index contributed by atoms with van der Waals surface area (Å²) in [5, 5.41) is 0. The van der Waals surface area contributed by atoms with E-state index in [0.29, 0.717) is 0 Å². The van der Waals surface area contributed by atoms with Crippen molar-refractivity contribution in [3.05, 3.63) is 54.1 Å². The third-order valence-corrected chi connectivity index (χ3v) is 13.9. The van der Waals surface area contributed by atoms with Crippen molar-refractivity contribution in [3.63, 3.8) is 0 Å². The average Bonchev–Trinajstić information content (AvgIpc) is 3.36. The summed E-state index contributed by atoms with van der Waals surface area (Å²) in [4.78, 5) is 0. The van der Waals surface area contributed by atoms with Gasteiger partial charge in [0, 0.05) is 71.6 Å². The first kappa shape index (κ1) is 60.3. The summed E-state index contributed by atoms with van der Waals surface area (Å²) in [6.07, 6.45) is 49.8. The second-order valence-electron chi connectivity index (χ2n) is 20.2. The summed E-state index contributed by atoms with van der Waals surface area (Å²) in [5.74, 6) is 1.02. The van der Waals surface area contributed by atoms with Gasteiger partial charge in [-0.25, -0.2) is 0 Å². The molecule has 2 aromatic carbocycles. The van der Waals surface area contributed by atoms with E-state index in [-0.39, 0.29) is 0 Å². The number of para-hydroxylation sites is 1. The number of hydrogen-bond acceptors (Lipinski definition) is 6. The summed E-state index contributed by atoms with van der Waals surface area (Å²) in [5.41, 5.74) is 3.97. The van der Waals surface area contributed by atoms with Gasteiger partial charge in [0.05, 0.1) is 6.61 Å². The fourth-order valence-electron chi connectivity index (χ4n) is 9.56. The quantitative estimate of drug-likeness (QED) is 0.262. The summed E-state index contributed by atoms with van der Waals surface area (Å²) < 4.78 is 36.2. The van der Waals surface area contributed by atoms with E-state index in [1.807, 2.05) is 0 Å². The summed E-state index contributed by atoms with van der Waals surface area (Å²) in [6.45, 7) is 10.1. The Morgan fingerprint density at radius 2 is 0.441 bits per heavy atom. The minimum absolute atomic E-state index is 0.787. The molecule has 6 heteroatoms. The fourth-order valence-corrected chi connectivity index (χ4v) is 9.56. The molecule has 0 spiro atoms.